The summed E-state index contributed by atoms with van der Waals surface area (Å²) in [5.74, 6) is 2.14. The summed E-state index contributed by atoms with van der Waals surface area (Å²) in [6.45, 7) is 10.4. The summed E-state index contributed by atoms with van der Waals surface area (Å²) in [7, 11) is 0. The van der Waals surface area contributed by atoms with Crippen LogP contribution in [-0.2, 0) is 13.0 Å². The fourth-order valence-corrected chi connectivity index (χ4v) is 2.09. The van der Waals surface area contributed by atoms with Gasteiger partial charge in [0.05, 0.1) is 6.54 Å². The Kier molecular flexibility index (Phi) is 4.12. The number of rotatable bonds is 4. The number of hydrogen-bond acceptors (Lipinski definition) is 5. The first-order chi connectivity index (χ1) is 8.15. The van der Waals surface area contributed by atoms with Gasteiger partial charge in [-0.2, -0.15) is 4.98 Å². The first kappa shape index (κ1) is 12.5. The Labute approximate surface area is 103 Å². The summed E-state index contributed by atoms with van der Waals surface area (Å²) < 4.78 is 5.29. The maximum atomic E-state index is 5.29. The van der Waals surface area contributed by atoms with Gasteiger partial charge in [-0.3, -0.25) is 4.90 Å². The van der Waals surface area contributed by atoms with Gasteiger partial charge in [-0.05, 0) is 12.8 Å². The molecule has 5 heteroatoms. The minimum absolute atomic E-state index is 0.532. The number of nitrogens with one attached hydrogen (secondary N) is 1. The van der Waals surface area contributed by atoms with Crippen molar-refractivity contribution in [3.8, 4) is 0 Å². The highest BCUT2D eigenvalue weighted by Crippen LogP contribution is 2.10. The zero-order valence-electron chi connectivity index (χ0n) is 10.9. The van der Waals surface area contributed by atoms with Crippen LogP contribution in [0, 0.1) is 5.92 Å². The monoisotopic (exact) mass is 238 g/mol. The van der Waals surface area contributed by atoms with Crippen LogP contribution in [-0.4, -0.2) is 40.7 Å². The Balaban J connectivity index is 1.91. The average molecular weight is 238 g/mol. The minimum Gasteiger partial charge on any atom is -0.338 e. The van der Waals surface area contributed by atoms with Crippen molar-refractivity contribution in [2.24, 2.45) is 5.92 Å². The zero-order valence-corrected chi connectivity index (χ0v) is 10.9. The van der Waals surface area contributed by atoms with Gasteiger partial charge in [0.1, 0.15) is 0 Å². The fraction of sp³-hybridized carbons (Fsp3) is 0.833. The van der Waals surface area contributed by atoms with Crippen LogP contribution in [0.3, 0.4) is 0 Å². The van der Waals surface area contributed by atoms with Crippen molar-refractivity contribution in [2.75, 3.05) is 19.6 Å². The molecular formula is C12H22N4O. The third-order valence-corrected chi connectivity index (χ3v) is 3.08. The zero-order chi connectivity index (χ0) is 12.3. The Morgan fingerprint density at radius 2 is 2.35 bits per heavy atom. The summed E-state index contributed by atoms with van der Waals surface area (Å²) in [5, 5.41) is 7.39. The molecule has 1 atom stereocenters. The third kappa shape index (κ3) is 3.51. The third-order valence-electron chi connectivity index (χ3n) is 3.08. The van der Waals surface area contributed by atoms with Gasteiger partial charge >= 0.3 is 0 Å². The molecule has 1 aliphatic rings. The molecular weight excluding hydrogens is 216 g/mol. The van der Waals surface area contributed by atoms with E-state index in [0.717, 1.165) is 44.3 Å². The maximum absolute atomic E-state index is 5.29. The first-order valence-corrected chi connectivity index (χ1v) is 6.41. The van der Waals surface area contributed by atoms with Gasteiger partial charge in [-0.25, -0.2) is 0 Å². The quantitative estimate of drug-likeness (QED) is 0.850. The summed E-state index contributed by atoms with van der Waals surface area (Å²) in [6.07, 6.45) is 0.889. The van der Waals surface area contributed by atoms with Crippen molar-refractivity contribution < 1.29 is 4.52 Å². The van der Waals surface area contributed by atoms with Crippen molar-refractivity contribution >= 4 is 0 Å². The molecule has 0 unspecified atom stereocenters. The van der Waals surface area contributed by atoms with E-state index >= 15 is 0 Å². The highest BCUT2D eigenvalue weighted by Gasteiger charge is 2.20. The van der Waals surface area contributed by atoms with E-state index in [1.807, 2.05) is 0 Å². The van der Waals surface area contributed by atoms with Crippen LogP contribution in [0.5, 0.6) is 0 Å². The van der Waals surface area contributed by atoms with E-state index in [1.165, 1.54) is 0 Å². The Morgan fingerprint density at radius 1 is 1.53 bits per heavy atom. The molecule has 0 bridgehead atoms. The van der Waals surface area contributed by atoms with Crippen LogP contribution in [0.15, 0.2) is 4.52 Å². The molecule has 0 aliphatic carbocycles. The Hall–Kier alpha value is -0.940. The van der Waals surface area contributed by atoms with E-state index in [-0.39, 0.29) is 0 Å². The number of hydrogen-bond donors (Lipinski definition) is 1. The van der Waals surface area contributed by atoms with Crippen LogP contribution in [0.25, 0.3) is 0 Å². The lowest BCUT2D eigenvalue weighted by Gasteiger charge is -2.32. The predicted octanol–water partition coefficient (Wildman–Crippen LogP) is 1.06. The van der Waals surface area contributed by atoms with Crippen molar-refractivity contribution in [3.63, 3.8) is 0 Å². The maximum Gasteiger partial charge on any atom is 0.240 e. The lowest BCUT2D eigenvalue weighted by Crippen LogP contribution is -2.49. The van der Waals surface area contributed by atoms with Crippen LogP contribution in [0.1, 0.15) is 32.5 Å². The SMILES string of the molecule is CC(C)Cc1noc(CN2CCNC[C@@H]2C)n1. The highest BCUT2D eigenvalue weighted by atomic mass is 16.5. The van der Waals surface area contributed by atoms with E-state index in [2.05, 4.69) is 41.1 Å². The van der Waals surface area contributed by atoms with Crippen LogP contribution in [0.2, 0.25) is 0 Å². The lowest BCUT2D eigenvalue weighted by molar-refractivity contribution is 0.146. The molecule has 0 saturated carbocycles. The molecule has 17 heavy (non-hydrogen) atoms. The second-order valence-electron chi connectivity index (χ2n) is 5.23. The molecule has 2 heterocycles. The van der Waals surface area contributed by atoms with Gasteiger partial charge < -0.3 is 9.84 Å². The summed E-state index contributed by atoms with van der Waals surface area (Å²) in [6, 6.07) is 0.532. The highest BCUT2D eigenvalue weighted by molar-refractivity contribution is 4.89. The van der Waals surface area contributed by atoms with E-state index in [9.17, 15) is 0 Å². The number of piperazine rings is 1. The fourth-order valence-electron chi connectivity index (χ4n) is 2.09. The summed E-state index contributed by atoms with van der Waals surface area (Å²) >= 11 is 0. The molecule has 0 amide bonds. The summed E-state index contributed by atoms with van der Waals surface area (Å²) in [4.78, 5) is 6.82. The molecule has 0 aromatic carbocycles. The molecule has 5 nitrogen and oxygen atoms in total. The molecule has 1 fully saturated rings. The largest absolute Gasteiger partial charge is 0.338 e. The Bertz CT molecular complexity index is 350. The molecule has 0 radical (unpaired) electrons. The van der Waals surface area contributed by atoms with Gasteiger partial charge in [0.15, 0.2) is 5.82 Å². The van der Waals surface area contributed by atoms with Crippen molar-refractivity contribution in [1.29, 1.82) is 0 Å². The van der Waals surface area contributed by atoms with E-state index in [0.29, 0.717) is 12.0 Å². The molecule has 1 N–H and O–H groups in total. The molecule has 96 valence electrons. The Morgan fingerprint density at radius 3 is 3.06 bits per heavy atom. The molecule has 2 rings (SSSR count). The minimum atomic E-state index is 0.532. The standard InChI is InChI=1S/C12H22N4O/c1-9(2)6-11-14-12(17-15-11)8-16-5-4-13-7-10(16)3/h9-10,13H,4-8H2,1-3H3/t10-/m0/s1. The second kappa shape index (κ2) is 5.60. The topological polar surface area (TPSA) is 54.2 Å². The molecule has 0 spiro atoms. The van der Waals surface area contributed by atoms with E-state index in [4.69, 9.17) is 4.52 Å². The molecule has 1 aromatic heterocycles. The lowest BCUT2D eigenvalue weighted by atomic mass is 10.1. The van der Waals surface area contributed by atoms with E-state index < -0.39 is 0 Å². The van der Waals surface area contributed by atoms with Gasteiger partial charge in [-0.1, -0.05) is 19.0 Å². The van der Waals surface area contributed by atoms with Crippen LogP contribution in [0.4, 0.5) is 0 Å². The number of aromatic nitrogens is 2. The smallest absolute Gasteiger partial charge is 0.240 e. The summed E-state index contributed by atoms with van der Waals surface area (Å²) in [5.41, 5.74) is 0. The van der Waals surface area contributed by atoms with E-state index in [1.54, 1.807) is 0 Å². The van der Waals surface area contributed by atoms with Crippen molar-refractivity contribution in [2.45, 2.75) is 39.8 Å². The number of nitrogens with zero attached hydrogens (tertiary/aromatic N) is 3. The van der Waals surface area contributed by atoms with Gasteiger partial charge in [0.25, 0.3) is 0 Å². The molecule has 1 aromatic rings. The van der Waals surface area contributed by atoms with Gasteiger partial charge in [0.2, 0.25) is 5.89 Å². The van der Waals surface area contributed by atoms with Crippen LogP contribution < -0.4 is 5.32 Å². The second-order valence-corrected chi connectivity index (χ2v) is 5.23. The molecule has 1 aliphatic heterocycles. The normalized spacial score (nSPS) is 22.2. The average Bonchev–Trinajstić information content (AvgIpc) is 2.68. The molecule has 1 saturated heterocycles. The van der Waals surface area contributed by atoms with Gasteiger partial charge in [0, 0.05) is 32.1 Å². The predicted molar refractivity (Wildman–Crippen MR) is 65.6 cm³/mol. The first-order valence-electron chi connectivity index (χ1n) is 6.41. The van der Waals surface area contributed by atoms with Crippen molar-refractivity contribution in [3.05, 3.63) is 11.7 Å². The van der Waals surface area contributed by atoms with Crippen molar-refractivity contribution in [1.82, 2.24) is 20.4 Å². The van der Waals surface area contributed by atoms with Gasteiger partial charge in [-0.15, -0.1) is 0 Å². The van der Waals surface area contributed by atoms with Crippen LogP contribution >= 0.6 is 0 Å².